The molecule has 0 aliphatic carbocycles. The van der Waals surface area contributed by atoms with Gasteiger partial charge in [-0.1, -0.05) is 6.07 Å². The summed E-state index contributed by atoms with van der Waals surface area (Å²) in [5.74, 6) is -0.397. The van der Waals surface area contributed by atoms with Gasteiger partial charge in [0.05, 0.1) is 0 Å². The summed E-state index contributed by atoms with van der Waals surface area (Å²) in [5.41, 5.74) is 5.73. The molecule has 0 unspecified atom stereocenters. The van der Waals surface area contributed by atoms with E-state index in [1.165, 1.54) is 24.3 Å². The molecule has 114 valence electrons. The van der Waals surface area contributed by atoms with Crippen LogP contribution in [0.25, 0.3) is 10.8 Å². The Hall–Kier alpha value is -2.08. The minimum atomic E-state index is -4.69. The topological polar surface area (TPSA) is 153 Å². The summed E-state index contributed by atoms with van der Waals surface area (Å²) in [4.78, 5) is 0. The Morgan fingerprint density at radius 1 is 0.857 bits per heavy atom. The molecule has 0 aliphatic heterocycles. The van der Waals surface area contributed by atoms with Crippen molar-refractivity contribution in [2.24, 2.45) is 0 Å². The molecule has 11 heteroatoms. The van der Waals surface area contributed by atoms with E-state index in [2.05, 4.69) is 8.37 Å². The molecule has 0 heterocycles. The van der Waals surface area contributed by atoms with Gasteiger partial charge in [-0.05, 0) is 23.6 Å². The predicted octanol–water partition coefficient (Wildman–Crippen LogP) is 0.785. The van der Waals surface area contributed by atoms with E-state index in [0.717, 1.165) is 6.07 Å². The molecule has 2 aromatic rings. The van der Waals surface area contributed by atoms with Gasteiger partial charge in [-0.3, -0.25) is 9.11 Å². The van der Waals surface area contributed by atoms with Crippen LogP contribution in [0.15, 0.2) is 30.3 Å². The summed E-state index contributed by atoms with van der Waals surface area (Å²) in [5, 5.41) is 0.732. The fourth-order valence-corrected chi connectivity index (χ4v) is 2.37. The highest BCUT2D eigenvalue weighted by Gasteiger charge is 2.12. The molecule has 0 amide bonds. The van der Waals surface area contributed by atoms with Crippen LogP contribution < -0.4 is 14.1 Å². The molecule has 0 aromatic heterocycles. The molecule has 0 bridgehead atoms. The summed E-state index contributed by atoms with van der Waals surface area (Å²) >= 11 is 0. The molecule has 2 aromatic carbocycles. The first kappa shape index (κ1) is 15.3. The van der Waals surface area contributed by atoms with Crippen molar-refractivity contribution < 1.29 is 34.3 Å². The molecule has 21 heavy (non-hydrogen) atoms. The van der Waals surface area contributed by atoms with Gasteiger partial charge in [0, 0.05) is 17.1 Å². The SMILES string of the molecule is Nc1cc(OS(=O)(=O)O)cc2ccc(OS(=O)(=O)O)cc12. The van der Waals surface area contributed by atoms with E-state index in [9.17, 15) is 16.8 Å². The number of rotatable bonds is 4. The van der Waals surface area contributed by atoms with Crippen LogP contribution >= 0.6 is 0 Å². The van der Waals surface area contributed by atoms with Crippen LogP contribution in [-0.4, -0.2) is 25.9 Å². The van der Waals surface area contributed by atoms with Gasteiger partial charge in [0.15, 0.2) is 0 Å². The second-order valence-corrected chi connectivity index (χ2v) is 5.96. The quantitative estimate of drug-likeness (QED) is 0.543. The Morgan fingerprint density at radius 3 is 2.00 bits per heavy atom. The Labute approximate surface area is 119 Å². The van der Waals surface area contributed by atoms with Crippen molar-refractivity contribution in [1.29, 1.82) is 0 Å². The van der Waals surface area contributed by atoms with Gasteiger partial charge in [-0.15, -0.1) is 0 Å². The zero-order chi connectivity index (χ0) is 15.8. The molecule has 2 rings (SSSR count). The van der Waals surface area contributed by atoms with E-state index in [1.54, 1.807) is 0 Å². The summed E-state index contributed by atoms with van der Waals surface area (Å²) in [6, 6.07) is 6.19. The van der Waals surface area contributed by atoms with Crippen LogP contribution in [0, 0.1) is 0 Å². The molecular weight excluding hydrogens is 326 g/mol. The van der Waals surface area contributed by atoms with E-state index in [-0.39, 0.29) is 17.2 Å². The third-order valence-corrected chi connectivity index (χ3v) is 3.14. The first-order valence-electron chi connectivity index (χ1n) is 5.20. The van der Waals surface area contributed by atoms with Crippen molar-refractivity contribution in [1.82, 2.24) is 0 Å². The third kappa shape index (κ3) is 4.19. The van der Waals surface area contributed by atoms with Gasteiger partial charge in [0.25, 0.3) is 0 Å². The van der Waals surface area contributed by atoms with Gasteiger partial charge in [-0.25, -0.2) is 0 Å². The molecule has 0 atom stereocenters. The van der Waals surface area contributed by atoms with Crippen molar-refractivity contribution in [3.63, 3.8) is 0 Å². The summed E-state index contributed by atoms with van der Waals surface area (Å²) in [7, 11) is -9.36. The highest BCUT2D eigenvalue weighted by atomic mass is 32.3. The lowest BCUT2D eigenvalue weighted by Gasteiger charge is -2.08. The molecule has 0 radical (unpaired) electrons. The molecular formula is C10H9NO8S2. The van der Waals surface area contributed by atoms with Gasteiger partial charge in [0.2, 0.25) is 0 Å². The molecule has 0 spiro atoms. The van der Waals surface area contributed by atoms with Crippen LogP contribution in [0.1, 0.15) is 0 Å². The van der Waals surface area contributed by atoms with Gasteiger partial charge >= 0.3 is 20.8 Å². The van der Waals surface area contributed by atoms with Crippen molar-refractivity contribution in [3.8, 4) is 11.5 Å². The fourth-order valence-electron chi connectivity index (χ4n) is 1.68. The number of nitrogens with two attached hydrogens (primary N) is 1. The smallest absolute Gasteiger partial charge is 0.398 e. The maximum Gasteiger partial charge on any atom is 0.446 e. The zero-order valence-corrected chi connectivity index (χ0v) is 11.8. The van der Waals surface area contributed by atoms with E-state index >= 15 is 0 Å². The van der Waals surface area contributed by atoms with Crippen molar-refractivity contribution >= 4 is 37.3 Å². The molecule has 4 N–H and O–H groups in total. The van der Waals surface area contributed by atoms with E-state index in [4.69, 9.17) is 14.8 Å². The van der Waals surface area contributed by atoms with Crippen molar-refractivity contribution in [2.45, 2.75) is 0 Å². The molecule has 0 fully saturated rings. The first-order valence-corrected chi connectivity index (χ1v) is 7.94. The highest BCUT2D eigenvalue weighted by Crippen LogP contribution is 2.31. The highest BCUT2D eigenvalue weighted by molar-refractivity contribution is 7.81. The normalized spacial score (nSPS) is 12.3. The lowest BCUT2D eigenvalue weighted by molar-refractivity contribution is 0.384. The second-order valence-electron chi connectivity index (χ2n) is 3.92. The number of hydrogen-bond acceptors (Lipinski definition) is 7. The van der Waals surface area contributed by atoms with Gasteiger partial charge < -0.3 is 14.1 Å². The van der Waals surface area contributed by atoms with Crippen LogP contribution in [0.4, 0.5) is 5.69 Å². The maximum atomic E-state index is 10.6. The molecule has 0 saturated carbocycles. The lowest BCUT2D eigenvalue weighted by atomic mass is 10.1. The van der Waals surface area contributed by atoms with Gasteiger partial charge in [-0.2, -0.15) is 16.8 Å². The summed E-state index contributed by atoms with van der Waals surface area (Å²) < 4.78 is 68.3. The molecule has 0 saturated heterocycles. The van der Waals surface area contributed by atoms with E-state index in [0.29, 0.717) is 10.8 Å². The average Bonchev–Trinajstić information content (AvgIpc) is 2.25. The third-order valence-electron chi connectivity index (χ3n) is 2.33. The van der Waals surface area contributed by atoms with E-state index < -0.39 is 20.8 Å². The second kappa shape index (κ2) is 5.04. The van der Waals surface area contributed by atoms with E-state index in [1.807, 2.05) is 0 Å². The Balaban J connectivity index is 2.51. The lowest BCUT2D eigenvalue weighted by Crippen LogP contribution is -2.07. The van der Waals surface area contributed by atoms with Crippen LogP contribution in [0.5, 0.6) is 11.5 Å². The minimum Gasteiger partial charge on any atom is -0.398 e. The molecule has 9 nitrogen and oxygen atoms in total. The number of anilines is 1. The maximum absolute atomic E-state index is 10.6. The van der Waals surface area contributed by atoms with Crippen molar-refractivity contribution in [2.75, 3.05) is 5.73 Å². The monoisotopic (exact) mass is 335 g/mol. The van der Waals surface area contributed by atoms with Crippen LogP contribution in [0.2, 0.25) is 0 Å². The van der Waals surface area contributed by atoms with Gasteiger partial charge in [0.1, 0.15) is 11.5 Å². The van der Waals surface area contributed by atoms with Crippen molar-refractivity contribution in [3.05, 3.63) is 30.3 Å². The largest absolute Gasteiger partial charge is 0.446 e. The van der Waals surface area contributed by atoms with Crippen LogP contribution in [-0.2, 0) is 20.8 Å². The number of benzene rings is 2. The number of nitrogen functional groups attached to an aromatic ring is 1. The fraction of sp³-hybridized carbons (Fsp3) is 0. The van der Waals surface area contributed by atoms with Crippen LogP contribution in [0.3, 0.4) is 0 Å². The Morgan fingerprint density at radius 2 is 1.43 bits per heavy atom. The molecule has 0 aliphatic rings. The first-order chi connectivity index (χ1) is 9.53. The Kier molecular flexibility index (Phi) is 3.67. The predicted molar refractivity (Wildman–Crippen MR) is 72.7 cm³/mol. The summed E-state index contributed by atoms with van der Waals surface area (Å²) in [6.45, 7) is 0. The minimum absolute atomic E-state index is 0.0481. The zero-order valence-electron chi connectivity index (χ0n) is 10.1. The average molecular weight is 335 g/mol. The standard InChI is InChI=1S/C10H9NO8S2/c11-10-5-8(19-21(15,16)17)3-6-1-2-7(4-9(6)10)18-20(12,13)14/h1-5H,11H2,(H,12,13,14)(H,15,16,17). The summed E-state index contributed by atoms with van der Waals surface area (Å²) in [6.07, 6.45) is 0. The number of hydrogen-bond donors (Lipinski definition) is 3. The Bertz CT molecular complexity index is 904. The number of fused-ring (bicyclic) bond motifs is 1.